The molecule has 2 aliphatic rings. The normalized spacial score (nSPS) is 19.6. The zero-order valence-corrected chi connectivity index (χ0v) is 11.6. The van der Waals surface area contributed by atoms with Gasteiger partial charge >= 0.3 is 6.09 Å². The Morgan fingerprint density at radius 3 is 3.05 bits per heavy atom. The van der Waals surface area contributed by atoms with E-state index in [1.54, 1.807) is 4.90 Å². The molecular formula is C15H19NO4. The number of ether oxygens (including phenoxy) is 2. The van der Waals surface area contributed by atoms with Gasteiger partial charge in [-0.1, -0.05) is 13.0 Å². The van der Waals surface area contributed by atoms with E-state index in [4.69, 9.17) is 9.47 Å². The molecule has 1 aromatic rings. The van der Waals surface area contributed by atoms with Crippen LogP contribution in [0.5, 0.6) is 11.5 Å². The van der Waals surface area contributed by atoms with Crippen LogP contribution >= 0.6 is 0 Å². The first-order chi connectivity index (χ1) is 9.70. The van der Waals surface area contributed by atoms with Gasteiger partial charge in [0.15, 0.2) is 11.5 Å². The molecule has 1 amide bonds. The van der Waals surface area contributed by atoms with Gasteiger partial charge in [0.25, 0.3) is 0 Å². The second-order valence-corrected chi connectivity index (χ2v) is 5.31. The third-order valence-corrected chi connectivity index (χ3v) is 4.07. The molecule has 0 unspecified atom stereocenters. The molecule has 5 heteroatoms. The van der Waals surface area contributed by atoms with Crippen molar-refractivity contribution in [3.8, 4) is 11.5 Å². The highest BCUT2D eigenvalue weighted by Gasteiger charge is 2.30. The summed E-state index contributed by atoms with van der Waals surface area (Å²) in [5.41, 5.74) is 2.38. The Morgan fingerprint density at radius 1 is 1.45 bits per heavy atom. The lowest BCUT2D eigenvalue weighted by molar-refractivity contribution is 0.119. The van der Waals surface area contributed by atoms with Crippen molar-refractivity contribution < 1.29 is 19.4 Å². The van der Waals surface area contributed by atoms with Crippen LogP contribution in [0, 0.1) is 0 Å². The zero-order valence-electron chi connectivity index (χ0n) is 11.6. The van der Waals surface area contributed by atoms with E-state index in [9.17, 15) is 9.90 Å². The summed E-state index contributed by atoms with van der Waals surface area (Å²) in [6.07, 6.45) is 2.48. The number of amides is 1. The summed E-state index contributed by atoms with van der Waals surface area (Å²) in [4.78, 5) is 12.9. The van der Waals surface area contributed by atoms with Crippen LogP contribution in [0.25, 0.3) is 0 Å². The second-order valence-electron chi connectivity index (χ2n) is 5.31. The Hall–Kier alpha value is -1.91. The van der Waals surface area contributed by atoms with E-state index in [1.165, 1.54) is 11.1 Å². The van der Waals surface area contributed by atoms with Crippen molar-refractivity contribution in [2.45, 2.75) is 38.6 Å². The Balaban J connectivity index is 1.83. The Labute approximate surface area is 118 Å². The van der Waals surface area contributed by atoms with Crippen LogP contribution in [0.4, 0.5) is 4.79 Å². The maximum absolute atomic E-state index is 11.4. The summed E-state index contributed by atoms with van der Waals surface area (Å²) >= 11 is 0. The van der Waals surface area contributed by atoms with Crippen LogP contribution in [-0.2, 0) is 12.8 Å². The molecule has 0 bridgehead atoms. The van der Waals surface area contributed by atoms with E-state index in [0.29, 0.717) is 6.54 Å². The Bertz CT molecular complexity index is 529. The van der Waals surface area contributed by atoms with Crippen molar-refractivity contribution in [2.75, 3.05) is 13.3 Å². The first-order valence-corrected chi connectivity index (χ1v) is 7.10. The standard InChI is InChI=1S/C15H19NO4/c1-2-7-16(15(17)18)11-4-5-12-10(8-11)3-6-13-14(12)20-9-19-13/h3,6,11H,2,4-5,7-9H2,1H3,(H,17,18)/t11-/m0/s1. The molecule has 5 nitrogen and oxygen atoms in total. The average molecular weight is 277 g/mol. The molecule has 1 heterocycles. The van der Waals surface area contributed by atoms with Crippen molar-refractivity contribution in [3.05, 3.63) is 23.3 Å². The second kappa shape index (κ2) is 5.23. The largest absolute Gasteiger partial charge is 0.465 e. The SMILES string of the molecule is CCCN(C(=O)O)[C@H]1CCc2c(ccc3c2OCO3)C1. The highest BCUT2D eigenvalue weighted by molar-refractivity contribution is 5.65. The van der Waals surface area contributed by atoms with Crippen LogP contribution in [0.2, 0.25) is 0 Å². The van der Waals surface area contributed by atoms with E-state index in [2.05, 4.69) is 0 Å². The number of rotatable bonds is 3. The van der Waals surface area contributed by atoms with Gasteiger partial charge in [0.2, 0.25) is 6.79 Å². The van der Waals surface area contributed by atoms with E-state index < -0.39 is 6.09 Å². The number of hydrogen-bond acceptors (Lipinski definition) is 3. The summed E-state index contributed by atoms with van der Waals surface area (Å²) in [6, 6.07) is 4.04. The molecular weight excluding hydrogens is 258 g/mol. The lowest BCUT2D eigenvalue weighted by Gasteiger charge is -2.33. The molecule has 1 N–H and O–H groups in total. The highest BCUT2D eigenvalue weighted by atomic mass is 16.7. The lowest BCUT2D eigenvalue weighted by atomic mass is 9.86. The van der Waals surface area contributed by atoms with Crippen LogP contribution in [0.1, 0.15) is 30.9 Å². The summed E-state index contributed by atoms with van der Waals surface area (Å²) in [5, 5.41) is 9.34. The molecule has 0 saturated heterocycles. The minimum atomic E-state index is -0.818. The summed E-state index contributed by atoms with van der Waals surface area (Å²) in [5.74, 6) is 1.67. The number of benzene rings is 1. The minimum Gasteiger partial charge on any atom is -0.465 e. The Kier molecular flexibility index (Phi) is 3.42. The van der Waals surface area contributed by atoms with Gasteiger partial charge in [0, 0.05) is 18.2 Å². The summed E-state index contributed by atoms with van der Waals surface area (Å²) in [7, 11) is 0. The van der Waals surface area contributed by atoms with Gasteiger partial charge in [-0.05, 0) is 37.3 Å². The fourth-order valence-corrected chi connectivity index (χ4v) is 3.14. The monoisotopic (exact) mass is 277 g/mol. The number of hydrogen-bond donors (Lipinski definition) is 1. The predicted molar refractivity (Wildman–Crippen MR) is 73.4 cm³/mol. The summed E-state index contributed by atoms with van der Waals surface area (Å²) in [6.45, 7) is 2.89. The molecule has 1 aliphatic heterocycles. The minimum absolute atomic E-state index is 0.0697. The third kappa shape index (κ3) is 2.17. The van der Waals surface area contributed by atoms with Crippen LogP contribution in [0.3, 0.4) is 0 Å². The van der Waals surface area contributed by atoms with Gasteiger partial charge in [-0.3, -0.25) is 0 Å². The first-order valence-electron chi connectivity index (χ1n) is 7.10. The third-order valence-electron chi connectivity index (χ3n) is 4.07. The Morgan fingerprint density at radius 2 is 2.30 bits per heavy atom. The first kappa shape index (κ1) is 13.1. The van der Waals surface area contributed by atoms with Crippen molar-refractivity contribution >= 4 is 6.09 Å². The van der Waals surface area contributed by atoms with Gasteiger partial charge in [0.05, 0.1) is 0 Å². The fraction of sp³-hybridized carbons (Fsp3) is 0.533. The van der Waals surface area contributed by atoms with Crippen LogP contribution in [-0.4, -0.2) is 35.5 Å². The predicted octanol–water partition coefficient (Wildman–Crippen LogP) is 2.66. The van der Waals surface area contributed by atoms with Gasteiger partial charge < -0.3 is 19.5 Å². The molecule has 3 rings (SSSR count). The van der Waals surface area contributed by atoms with Gasteiger partial charge in [-0.15, -0.1) is 0 Å². The van der Waals surface area contributed by atoms with Gasteiger partial charge in [-0.2, -0.15) is 0 Å². The quantitative estimate of drug-likeness (QED) is 0.922. The van der Waals surface area contributed by atoms with Crippen molar-refractivity contribution in [2.24, 2.45) is 0 Å². The number of carboxylic acid groups (broad SMARTS) is 1. The number of fused-ring (bicyclic) bond motifs is 3. The van der Waals surface area contributed by atoms with E-state index in [1.807, 2.05) is 19.1 Å². The average Bonchev–Trinajstić information content (AvgIpc) is 2.92. The molecule has 0 spiro atoms. The topological polar surface area (TPSA) is 59.0 Å². The number of nitrogens with zero attached hydrogens (tertiary/aromatic N) is 1. The number of carbonyl (C=O) groups is 1. The molecule has 108 valence electrons. The van der Waals surface area contributed by atoms with Crippen molar-refractivity contribution in [3.63, 3.8) is 0 Å². The fourth-order valence-electron chi connectivity index (χ4n) is 3.14. The summed E-state index contributed by atoms with van der Waals surface area (Å²) < 4.78 is 10.9. The van der Waals surface area contributed by atoms with Crippen molar-refractivity contribution in [1.29, 1.82) is 0 Å². The molecule has 20 heavy (non-hydrogen) atoms. The molecule has 0 fully saturated rings. The van der Waals surface area contributed by atoms with Crippen molar-refractivity contribution in [1.82, 2.24) is 4.90 Å². The van der Waals surface area contributed by atoms with Gasteiger partial charge in [-0.25, -0.2) is 4.79 Å². The molecule has 1 aliphatic carbocycles. The molecule has 1 aromatic carbocycles. The molecule has 1 atom stereocenters. The smallest absolute Gasteiger partial charge is 0.407 e. The molecule has 0 saturated carbocycles. The van der Waals surface area contributed by atoms with Gasteiger partial charge in [0.1, 0.15) is 0 Å². The lowest BCUT2D eigenvalue weighted by Crippen LogP contribution is -2.43. The zero-order chi connectivity index (χ0) is 14.1. The maximum Gasteiger partial charge on any atom is 0.407 e. The molecule has 0 radical (unpaired) electrons. The van der Waals surface area contributed by atoms with E-state index >= 15 is 0 Å². The van der Waals surface area contributed by atoms with Crippen LogP contribution in [0.15, 0.2) is 12.1 Å². The maximum atomic E-state index is 11.4. The molecule has 0 aromatic heterocycles. The van der Waals surface area contributed by atoms with E-state index in [0.717, 1.165) is 37.2 Å². The van der Waals surface area contributed by atoms with Crippen LogP contribution < -0.4 is 9.47 Å². The highest BCUT2D eigenvalue weighted by Crippen LogP contribution is 2.41. The van der Waals surface area contributed by atoms with E-state index in [-0.39, 0.29) is 12.8 Å².